The first kappa shape index (κ1) is 24.8. The van der Waals surface area contributed by atoms with Gasteiger partial charge in [0.15, 0.2) is 0 Å². The van der Waals surface area contributed by atoms with Crippen molar-refractivity contribution in [1.29, 1.82) is 10.5 Å². The quantitative estimate of drug-likeness (QED) is 0.135. The fourth-order valence-electron chi connectivity index (χ4n) is 6.12. The average Bonchev–Trinajstić information content (AvgIpc) is 3.41. The fourth-order valence-corrected chi connectivity index (χ4v) is 10.7. The molecule has 3 nitrogen and oxygen atoms in total. The second-order valence-corrected chi connectivity index (χ2v) is 14.6. The van der Waals surface area contributed by atoms with Gasteiger partial charge in [-0.25, -0.2) is 0 Å². The highest BCUT2D eigenvalue weighted by molar-refractivity contribution is 7.06. The first-order chi connectivity index (χ1) is 18.1. The minimum atomic E-state index is -2.09. The zero-order valence-electron chi connectivity index (χ0n) is 21.8. The number of allylic oxidation sites excluding steroid dienone is 1. The van der Waals surface area contributed by atoms with Crippen LogP contribution >= 0.6 is 0 Å². The number of benzene rings is 3. The summed E-state index contributed by atoms with van der Waals surface area (Å²) < 4.78 is 2.45. The van der Waals surface area contributed by atoms with Crippen LogP contribution in [0.1, 0.15) is 51.0 Å². The Morgan fingerprint density at radius 2 is 1.57 bits per heavy atom. The van der Waals surface area contributed by atoms with E-state index in [9.17, 15) is 10.5 Å². The van der Waals surface area contributed by atoms with E-state index < -0.39 is 8.07 Å². The lowest BCUT2D eigenvalue weighted by Gasteiger charge is -2.25. The van der Waals surface area contributed by atoms with E-state index >= 15 is 0 Å². The normalized spacial score (nSPS) is 15.6. The molecule has 0 bridgehead atoms. The lowest BCUT2D eigenvalue weighted by Crippen LogP contribution is -2.52. The number of rotatable bonds is 9. The molecule has 2 heterocycles. The zero-order chi connectivity index (χ0) is 25.8. The molecule has 4 aromatic rings. The number of aromatic nitrogens is 1. The third kappa shape index (κ3) is 4.43. The third-order valence-electron chi connectivity index (χ3n) is 7.92. The summed E-state index contributed by atoms with van der Waals surface area (Å²) in [5.41, 5.74) is 6.19. The Hall–Kier alpha value is -3.86. The molecule has 0 saturated heterocycles. The van der Waals surface area contributed by atoms with Crippen LogP contribution in [0.5, 0.6) is 0 Å². The van der Waals surface area contributed by atoms with Gasteiger partial charge in [-0.1, -0.05) is 107 Å². The summed E-state index contributed by atoms with van der Waals surface area (Å²) in [5, 5.41) is 23.0. The van der Waals surface area contributed by atoms with E-state index in [1.54, 1.807) is 6.08 Å². The number of para-hydroxylation sites is 2. The minimum absolute atomic E-state index is 0.147. The first-order valence-corrected chi connectivity index (χ1v) is 16.2. The fraction of sp³-hybridized carbons (Fsp3) is 0.273. The molecule has 1 aliphatic heterocycles. The highest BCUT2D eigenvalue weighted by atomic mass is 28.3. The van der Waals surface area contributed by atoms with Crippen molar-refractivity contribution in [2.75, 3.05) is 0 Å². The summed E-state index contributed by atoms with van der Waals surface area (Å²) in [5.74, 6) is 0. The van der Waals surface area contributed by atoms with E-state index in [0.717, 1.165) is 5.56 Å². The van der Waals surface area contributed by atoms with E-state index in [4.69, 9.17) is 0 Å². The molecule has 0 N–H and O–H groups in total. The predicted molar refractivity (Wildman–Crippen MR) is 157 cm³/mol. The van der Waals surface area contributed by atoms with Crippen LogP contribution in [0.15, 0.2) is 78.4 Å². The van der Waals surface area contributed by atoms with Crippen LogP contribution < -0.4 is 10.4 Å². The number of nitriles is 2. The van der Waals surface area contributed by atoms with E-state index in [-0.39, 0.29) is 5.57 Å². The van der Waals surface area contributed by atoms with Crippen molar-refractivity contribution in [1.82, 2.24) is 4.57 Å². The van der Waals surface area contributed by atoms with Gasteiger partial charge in [0.05, 0.1) is 11.2 Å². The van der Waals surface area contributed by atoms with Crippen molar-refractivity contribution < 1.29 is 0 Å². The van der Waals surface area contributed by atoms with Crippen LogP contribution in [-0.4, -0.2) is 12.6 Å². The van der Waals surface area contributed by atoms with Gasteiger partial charge in [0.1, 0.15) is 25.8 Å². The first-order valence-electron chi connectivity index (χ1n) is 13.5. The molecule has 3 aromatic carbocycles. The number of unbranched alkanes of at least 4 members (excludes halogenated alkanes) is 5. The molecule has 1 aromatic heterocycles. The molecule has 0 fully saturated rings. The van der Waals surface area contributed by atoms with E-state index in [1.165, 1.54) is 82.8 Å². The Bertz CT molecular complexity index is 1530. The van der Waals surface area contributed by atoms with Gasteiger partial charge in [-0.2, -0.15) is 10.5 Å². The van der Waals surface area contributed by atoms with E-state index in [1.807, 2.05) is 12.1 Å². The van der Waals surface area contributed by atoms with Crippen LogP contribution in [0, 0.1) is 22.7 Å². The molecule has 1 unspecified atom stereocenters. The Balaban J connectivity index is 1.70. The lowest BCUT2D eigenvalue weighted by atomic mass is 10.1. The van der Waals surface area contributed by atoms with E-state index in [2.05, 4.69) is 90.8 Å². The number of hydrogen-bond donors (Lipinski definition) is 0. The Morgan fingerprint density at radius 1 is 0.865 bits per heavy atom. The summed E-state index contributed by atoms with van der Waals surface area (Å²) in [6, 6.07) is 31.4. The van der Waals surface area contributed by atoms with Gasteiger partial charge in [0.25, 0.3) is 0 Å². The van der Waals surface area contributed by atoms with Crippen LogP contribution in [0.2, 0.25) is 12.6 Å². The standard InChI is InChI=1S/C33H33N3Si/c1-3-4-5-6-7-13-20-37(2)31-22-25(21-26(23-34)24-35)18-19-29(31)32-33(37)28-16-11-12-17-30(28)36(32)27-14-9-8-10-15-27/h8-12,14-19,21-22H,3-7,13,20H2,1-2H3. The molecule has 0 amide bonds. The zero-order valence-corrected chi connectivity index (χ0v) is 22.8. The van der Waals surface area contributed by atoms with Gasteiger partial charge in [0, 0.05) is 11.1 Å². The van der Waals surface area contributed by atoms with Crippen molar-refractivity contribution in [3.8, 4) is 29.1 Å². The summed E-state index contributed by atoms with van der Waals surface area (Å²) in [6.45, 7) is 4.80. The second-order valence-electron chi connectivity index (χ2n) is 10.3. The molecule has 1 aliphatic rings. The van der Waals surface area contributed by atoms with Crippen molar-refractivity contribution in [2.24, 2.45) is 0 Å². The molecule has 1 atom stereocenters. The van der Waals surface area contributed by atoms with Gasteiger partial charge < -0.3 is 4.57 Å². The molecule has 0 spiro atoms. The highest BCUT2D eigenvalue weighted by Gasteiger charge is 2.45. The molecule has 4 heteroatoms. The van der Waals surface area contributed by atoms with Crippen molar-refractivity contribution in [3.63, 3.8) is 0 Å². The molecule has 0 radical (unpaired) electrons. The highest BCUT2D eigenvalue weighted by Crippen LogP contribution is 2.39. The molecular formula is C33H33N3Si. The second kappa shape index (κ2) is 10.6. The van der Waals surface area contributed by atoms with Crippen LogP contribution in [-0.2, 0) is 0 Å². The van der Waals surface area contributed by atoms with Gasteiger partial charge in [-0.15, -0.1) is 0 Å². The van der Waals surface area contributed by atoms with Crippen LogP contribution in [0.3, 0.4) is 0 Å². The number of nitrogens with zero attached hydrogens (tertiary/aromatic N) is 3. The van der Waals surface area contributed by atoms with Crippen molar-refractivity contribution >= 4 is 35.4 Å². The maximum absolute atomic E-state index is 9.34. The Morgan fingerprint density at radius 3 is 2.32 bits per heavy atom. The monoisotopic (exact) mass is 499 g/mol. The predicted octanol–water partition coefficient (Wildman–Crippen LogP) is 7.59. The largest absolute Gasteiger partial charge is 0.309 e. The molecule has 0 saturated carbocycles. The third-order valence-corrected chi connectivity index (χ3v) is 12.5. The molecular weight excluding hydrogens is 466 g/mol. The Kier molecular flexibility index (Phi) is 7.13. The van der Waals surface area contributed by atoms with Gasteiger partial charge >= 0.3 is 0 Å². The van der Waals surface area contributed by atoms with Crippen LogP contribution in [0.25, 0.3) is 33.9 Å². The van der Waals surface area contributed by atoms with Gasteiger partial charge in [-0.05, 0) is 51.8 Å². The SMILES string of the molecule is CCCCCCCC[Si]1(C)c2cc(C=C(C#N)C#N)ccc2-c2c1c1ccccc1n2-c1ccccc1. The molecule has 184 valence electrons. The van der Waals surface area contributed by atoms with Crippen LogP contribution in [0.4, 0.5) is 0 Å². The summed E-state index contributed by atoms with van der Waals surface area (Å²) in [4.78, 5) is 0. The average molecular weight is 500 g/mol. The summed E-state index contributed by atoms with van der Waals surface area (Å²) in [7, 11) is -2.09. The summed E-state index contributed by atoms with van der Waals surface area (Å²) in [6.07, 6.45) is 9.46. The number of fused-ring (bicyclic) bond motifs is 5. The molecule has 0 aliphatic carbocycles. The van der Waals surface area contributed by atoms with Gasteiger partial charge in [-0.3, -0.25) is 0 Å². The maximum Gasteiger partial charge on any atom is 0.130 e. The maximum atomic E-state index is 9.34. The number of hydrogen-bond acceptors (Lipinski definition) is 2. The molecule has 37 heavy (non-hydrogen) atoms. The van der Waals surface area contributed by atoms with Crippen molar-refractivity contribution in [3.05, 3.63) is 83.9 Å². The Labute approximate surface area is 221 Å². The smallest absolute Gasteiger partial charge is 0.130 e. The topological polar surface area (TPSA) is 52.5 Å². The minimum Gasteiger partial charge on any atom is -0.309 e. The van der Waals surface area contributed by atoms with Crippen molar-refractivity contribution in [2.45, 2.75) is 58.0 Å². The lowest BCUT2D eigenvalue weighted by molar-refractivity contribution is 0.623. The van der Waals surface area contributed by atoms with Gasteiger partial charge in [0.2, 0.25) is 0 Å². The summed E-state index contributed by atoms with van der Waals surface area (Å²) >= 11 is 0. The molecule has 5 rings (SSSR count). The van der Waals surface area contributed by atoms with E-state index in [0.29, 0.717) is 0 Å².